The van der Waals surface area contributed by atoms with Crippen molar-refractivity contribution >= 4 is 23.2 Å². The molecule has 0 radical (unpaired) electrons. The average molecular weight is 411 g/mol. The lowest BCUT2D eigenvalue weighted by molar-refractivity contribution is 0.0863. The van der Waals surface area contributed by atoms with E-state index in [0.29, 0.717) is 10.7 Å². The van der Waals surface area contributed by atoms with Crippen molar-refractivity contribution in [3.05, 3.63) is 98.9 Å². The Kier molecular flexibility index (Phi) is 7.09. The number of carbonyl (C=O) groups excluding carboxylic acids is 1. The van der Waals surface area contributed by atoms with E-state index in [4.69, 9.17) is 16.4 Å². The zero-order chi connectivity index (χ0) is 20.6. The summed E-state index contributed by atoms with van der Waals surface area (Å²) in [5.41, 5.74) is 2.17. The maximum absolute atomic E-state index is 12.6. The van der Waals surface area contributed by atoms with Crippen LogP contribution < -0.4 is 15.7 Å². The molecular weight excluding hydrogens is 388 g/mol. The molecule has 0 atom stereocenters. The number of carbonyl (C=O) groups is 1. The number of anilines is 1. The maximum atomic E-state index is 12.6. The molecule has 29 heavy (non-hydrogen) atoms. The second-order valence-corrected chi connectivity index (χ2v) is 7.15. The highest BCUT2D eigenvalue weighted by Crippen LogP contribution is 2.13. The van der Waals surface area contributed by atoms with E-state index in [2.05, 4.69) is 12.2 Å². The van der Waals surface area contributed by atoms with E-state index in [1.54, 1.807) is 24.3 Å². The lowest BCUT2D eigenvalue weighted by atomic mass is 10.1. The molecule has 5 nitrogen and oxygen atoms in total. The normalized spacial score (nSPS) is 10.6. The second-order valence-electron chi connectivity index (χ2n) is 6.71. The highest BCUT2D eigenvalue weighted by Gasteiger charge is 2.13. The SMILES string of the molecule is CCCCc1ccc(NC(=O)c2cccn(OCc3cccc(Cl)c3)c2=O)cc1. The van der Waals surface area contributed by atoms with Crippen LogP contribution in [0.5, 0.6) is 0 Å². The molecule has 6 heteroatoms. The molecule has 1 aromatic heterocycles. The quantitative estimate of drug-likeness (QED) is 0.584. The van der Waals surface area contributed by atoms with Gasteiger partial charge in [0.05, 0.1) is 0 Å². The first kappa shape index (κ1) is 20.7. The molecule has 0 fully saturated rings. The van der Waals surface area contributed by atoms with Crippen molar-refractivity contribution in [1.82, 2.24) is 4.73 Å². The number of amides is 1. The molecule has 1 amide bonds. The first-order chi connectivity index (χ1) is 14.1. The van der Waals surface area contributed by atoms with E-state index in [1.807, 2.05) is 30.3 Å². The minimum Gasteiger partial charge on any atom is -0.406 e. The number of rotatable bonds is 8. The third-order valence-corrected chi connectivity index (χ3v) is 4.68. The van der Waals surface area contributed by atoms with Gasteiger partial charge in [-0.05, 0) is 60.4 Å². The van der Waals surface area contributed by atoms with Crippen molar-refractivity contribution in [2.24, 2.45) is 0 Å². The Balaban J connectivity index is 1.68. The summed E-state index contributed by atoms with van der Waals surface area (Å²) < 4.78 is 1.06. The van der Waals surface area contributed by atoms with Gasteiger partial charge in [-0.15, -0.1) is 0 Å². The predicted molar refractivity (Wildman–Crippen MR) is 115 cm³/mol. The zero-order valence-corrected chi connectivity index (χ0v) is 17.0. The van der Waals surface area contributed by atoms with Crippen LogP contribution in [0.25, 0.3) is 0 Å². The third kappa shape index (κ3) is 5.72. The molecule has 0 spiro atoms. The number of unbranched alkanes of at least 4 members (excludes halogenated alkanes) is 1. The molecule has 0 saturated carbocycles. The highest BCUT2D eigenvalue weighted by atomic mass is 35.5. The number of nitrogens with zero attached hydrogens (tertiary/aromatic N) is 1. The minimum atomic E-state index is -0.522. The number of aromatic nitrogens is 1. The topological polar surface area (TPSA) is 60.3 Å². The van der Waals surface area contributed by atoms with Crippen LogP contribution in [0.3, 0.4) is 0 Å². The summed E-state index contributed by atoms with van der Waals surface area (Å²) in [7, 11) is 0. The summed E-state index contributed by atoms with van der Waals surface area (Å²) in [6, 6.07) is 17.9. The van der Waals surface area contributed by atoms with Crippen molar-refractivity contribution in [2.45, 2.75) is 32.8 Å². The number of pyridine rings is 1. The summed E-state index contributed by atoms with van der Waals surface area (Å²) in [5, 5.41) is 3.36. The Morgan fingerprint density at radius 2 is 1.86 bits per heavy atom. The van der Waals surface area contributed by atoms with E-state index in [1.165, 1.54) is 17.8 Å². The van der Waals surface area contributed by atoms with Crippen molar-refractivity contribution in [3.8, 4) is 0 Å². The Morgan fingerprint density at radius 1 is 1.07 bits per heavy atom. The summed E-state index contributed by atoms with van der Waals surface area (Å²) >= 11 is 5.96. The Labute approximate surface area is 174 Å². The molecule has 0 aliphatic carbocycles. The number of nitrogens with one attached hydrogen (secondary N) is 1. The van der Waals surface area contributed by atoms with Crippen molar-refractivity contribution in [3.63, 3.8) is 0 Å². The summed E-state index contributed by atoms with van der Waals surface area (Å²) in [6.45, 7) is 2.31. The number of hydrogen-bond donors (Lipinski definition) is 1. The molecule has 0 unspecified atom stereocenters. The number of benzene rings is 2. The first-order valence-corrected chi connectivity index (χ1v) is 9.94. The highest BCUT2D eigenvalue weighted by molar-refractivity contribution is 6.30. The lowest BCUT2D eigenvalue weighted by Gasteiger charge is -2.11. The van der Waals surface area contributed by atoms with Crippen LogP contribution in [-0.2, 0) is 13.0 Å². The van der Waals surface area contributed by atoms with Gasteiger partial charge in [0, 0.05) is 16.9 Å². The van der Waals surface area contributed by atoms with Crippen LogP contribution in [0.15, 0.2) is 71.7 Å². The fourth-order valence-electron chi connectivity index (χ4n) is 2.85. The number of hydrogen-bond acceptors (Lipinski definition) is 3. The Bertz CT molecular complexity index is 1030. The number of halogens is 1. The largest absolute Gasteiger partial charge is 0.406 e. The summed E-state index contributed by atoms with van der Waals surface area (Å²) in [6.07, 6.45) is 4.76. The summed E-state index contributed by atoms with van der Waals surface area (Å²) in [5.74, 6) is -0.475. The summed E-state index contributed by atoms with van der Waals surface area (Å²) in [4.78, 5) is 30.7. The molecule has 1 N–H and O–H groups in total. The van der Waals surface area contributed by atoms with Crippen LogP contribution in [0, 0.1) is 0 Å². The van der Waals surface area contributed by atoms with Gasteiger partial charge in [0.25, 0.3) is 11.5 Å². The van der Waals surface area contributed by atoms with Gasteiger partial charge in [0.2, 0.25) is 0 Å². The van der Waals surface area contributed by atoms with Crippen molar-refractivity contribution in [2.75, 3.05) is 5.32 Å². The van der Waals surface area contributed by atoms with E-state index < -0.39 is 11.5 Å². The minimum absolute atomic E-state index is 0.00801. The van der Waals surface area contributed by atoms with Crippen LogP contribution in [0.4, 0.5) is 5.69 Å². The van der Waals surface area contributed by atoms with E-state index >= 15 is 0 Å². The molecule has 3 aromatic rings. The van der Waals surface area contributed by atoms with E-state index in [0.717, 1.165) is 29.6 Å². The van der Waals surface area contributed by atoms with Gasteiger partial charge >= 0.3 is 0 Å². The Morgan fingerprint density at radius 3 is 2.59 bits per heavy atom. The van der Waals surface area contributed by atoms with Crippen molar-refractivity contribution in [1.29, 1.82) is 0 Å². The van der Waals surface area contributed by atoms with Gasteiger partial charge < -0.3 is 10.2 Å². The molecule has 0 aliphatic rings. The monoisotopic (exact) mass is 410 g/mol. The van der Waals surface area contributed by atoms with Crippen molar-refractivity contribution < 1.29 is 9.63 Å². The van der Waals surface area contributed by atoms with Gasteiger partial charge in [0.15, 0.2) is 0 Å². The fourth-order valence-corrected chi connectivity index (χ4v) is 3.07. The molecule has 3 rings (SSSR count). The molecule has 0 aliphatic heterocycles. The van der Waals surface area contributed by atoms with Gasteiger partial charge in [-0.25, -0.2) is 0 Å². The van der Waals surface area contributed by atoms with E-state index in [9.17, 15) is 9.59 Å². The van der Waals surface area contributed by atoms with Crippen LogP contribution in [0.2, 0.25) is 5.02 Å². The van der Waals surface area contributed by atoms with Gasteiger partial charge in [-0.2, -0.15) is 4.73 Å². The molecule has 0 saturated heterocycles. The van der Waals surface area contributed by atoms with Gasteiger partial charge in [-0.1, -0.05) is 49.2 Å². The molecular formula is C23H23ClN2O3. The zero-order valence-electron chi connectivity index (χ0n) is 16.2. The lowest BCUT2D eigenvalue weighted by Crippen LogP contribution is -2.32. The van der Waals surface area contributed by atoms with E-state index in [-0.39, 0.29) is 12.2 Å². The first-order valence-electron chi connectivity index (χ1n) is 9.56. The predicted octanol–water partition coefficient (Wildman–Crippen LogP) is 4.73. The van der Waals surface area contributed by atoms with Crippen LogP contribution in [0.1, 0.15) is 41.3 Å². The second kappa shape index (κ2) is 9.94. The fraction of sp³-hybridized carbons (Fsp3) is 0.217. The molecule has 0 bridgehead atoms. The van der Waals surface area contributed by atoms with Gasteiger partial charge in [-0.3, -0.25) is 9.59 Å². The smallest absolute Gasteiger partial charge is 0.295 e. The molecule has 2 aromatic carbocycles. The van der Waals surface area contributed by atoms with Gasteiger partial charge in [0.1, 0.15) is 12.2 Å². The average Bonchev–Trinajstić information content (AvgIpc) is 2.72. The van der Waals surface area contributed by atoms with Crippen LogP contribution in [-0.4, -0.2) is 10.6 Å². The maximum Gasteiger partial charge on any atom is 0.295 e. The number of aryl methyl sites for hydroxylation is 1. The molecule has 1 heterocycles. The third-order valence-electron chi connectivity index (χ3n) is 4.45. The standard InChI is InChI=1S/C23H23ClN2O3/c1-2-3-6-17-10-12-20(13-11-17)25-22(27)21-9-5-14-26(23(21)28)29-16-18-7-4-8-19(24)15-18/h4-5,7-15H,2-3,6,16H2,1H3,(H,25,27). The van der Waals surface area contributed by atoms with Crippen LogP contribution >= 0.6 is 11.6 Å². The molecule has 150 valence electrons. The Hall–Kier alpha value is -3.05.